The van der Waals surface area contributed by atoms with Gasteiger partial charge in [-0.3, -0.25) is 9.59 Å². The van der Waals surface area contributed by atoms with Gasteiger partial charge >= 0.3 is 5.97 Å². The van der Waals surface area contributed by atoms with Crippen LogP contribution in [0.15, 0.2) is 0 Å². The van der Waals surface area contributed by atoms with Crippen LogP contribution in [0.4, 0.5) is 0 Å². The van der Waals surface area contributed by atoms with Crippen LogP contribution in [0.1, 0.15) is 26.2 Å². The van der Waals surface area contributed by atoms with Crippen molar-refractivity contribution in [2.75, 3.05) is 26.9 Å². The summed E-state index contributed by atoms with van der Waals surface area (Å²) in [5.41, 5.74) is 0. The molecule has 0 aromatic carbocycles. The third kappa shape index (κ3) is 4.34. The Hall–Kier alpha value is -1.10. The zero-order chi connectivity index (χ0) is 12.7. The van der Waals surface area contributed by atoms with Crippen molar-refractivity contribution < 1.29 is 19.1 Å². The highest BCUT2D eigenvalue weighted by atomic mass is 16.5. The van der Waals surface area contributed by atoms with E-state index in [1.165, 1.54) is 7.11 Å². The second-order valence-corrected chi connectivity index (χ2v) is 4.28. The number of nitrogens with one attached hydrogen (secondary N) is 1. The van der Waals surface area contributed by atoms with Crippen LogP contribution >= 0.6 is 0 Å². The van der Waals surface area contributed by atoms with Crippen LogP contribution in [0.3, 0.4) is 0 Å². The van der Waals surface area contributed by atoms with E-state index in [4.69, 9.17) is 4.74 Å². The second kappa shape index (κ2) is 7.27. The molecule has 0 aromatic rings. The molecular formula is C12H21NO4. The Morgan fingerprint density at radius 3 is 2.59 bits per heavy atom. The summed E-state index contributed by atoms with van der Waals surface area (Å²) in [6.45, 7) is 3.94. The molecule has 0 saturated carbocycles. The molecule has 0 bridgehead atoms. The first-order valence-electron chi connectivity index (χ1n) is 6.12. The molecule has 1 N–H and O–H groups in total. The summed E-state index contributed by atoms with van der Waals surface area (Å²) in [5, 5.41) is 2.82. The van der Waals surface area contributed by atoms with Crippen molar-refractivity contribution in [1.82, 2.24) is 5.32 Å². The number of hydrogen-bond donors (Lipinski definition) is 1. The molecule has 1 aliphatic rings. The van der Waals surface area contributed by atoms with E-state index in [-0.39, 0.29) is 5.91 Å². The first-order chi connectivity index (χ1) is 8.19. The van der Waals surface area contributed by atoms with Gasteiger partial charge in [-0.15, -0.1) is 0 Å². The van der Waals surface area contributed by atoms with Crippen molar-refractivity contribution >= 4 is 11.9 Å². The van der Waals surface area contributed by atoms with E-state index in [1.54, 1.807) is 6.92 Å². The van der Waals surface area contributed by atoms with E-state index < -0.39 is 11.9 Å². The average Bonchev–Trinajstić information content (AvgIpc) is 2.38. The fourth-order valence-electron chi connectivity index (χ4n) is 1.92. The fourth-order valence-corrected chi connectivity index (χ4v) is 1.92. The van der Waals surface area contributed by atoms with Crippen LogP contribution < -0.4 is 5.32 Å². The molecule has 5 heteroatoms. The quantitative estimate of drug-likeness (QED) is 0.571. The second-order valence-electron chi connectivity index (χ2n) is 4.28. The molecule has 5 nitrogen and oxygen atoms in total. The van der Waals surface area contributed by atoms with E-state index in [9.17, 15) is 9.59 Å². The monoisotopic (exact) mass is 243 g/mol. The van der Waals surface area contributed by atoms with Crippen molar-refractivity contribution in [3.05, 3.63) is 0 Å². The van der Waals surface area contributed by atoms with Crippen LogP contribution in [0.25, 0.3) is 0 Å². The lowest BCUT2D eigenvalue weighted by molar-refractivity contribution is -0.150. The number of carbonyl (C=O) groups excluding carboxylic acids is 2. The Bertz CT molecular complexity index is 261. The summed E-state index contributed by atoms with van der Waals surface area (Å²) >= 11 is 0. The zero-order valence-electron chi connectivity index (χ0n) is 10.5. The van der Waals surface area contributed by atoms with Gasteiger partial charge in [0.15, 0.2) is 0 Å². The molecular weight excluding hydrogens is 222 g/mol. The molecule has 0 spiro atoms. The maximum atomic E-state index is 11.8. The predicted octanol–water partition coefficient (Wildman–Crippen LogP) is 0.728. The number of amides is 1. The molecule has 1 heterocycles. The fraction of sp³-hybridized carbons (Fsp3) is 0.833. The predicted molar refractivity (Wildman–Crippen MR) is 62.3 cm³/mol. The van der Waals surface area contributed by atoms with Gasteiger partial charge in [0.25, 0.3) is 0 Å². The number of carbonyl (C=O) groups is 2. The minimum atomic E-state index is -0.681. The summed E-state index contributed by atoms with van der Waals surface area (Å²) in [6.07, 6.45) is 2.40. The summed E-state index contributed by atoms with van der Waals surface area (Å²) in [7, 11) is 1.30. The topological polar surface area (TPSA) is 64.6 Å². The number of hydrogen-bond acceptors (Lipinski definition) is 4. The highest BCUT2D eigenvalue weighted by Gasteiger charge is 2.26. The van der Waals surface area contributed by atoms with Crippen LogP contribution in [0.5, 0.6) is 0 Å². The maximum Gasteiger partial charge on any atom is 0.318 e. The van der Waals surface area contributed by atoms with Crippen molar-refractivity contribution in [2.24, 2.45) is 11.8 Å². The van der Waals surface area contributed by atoms with E-state index in [1.807, 2.05) is 0 Å². The Balaban J connectivity index is 2.33. The van der Waals surface area contributed by atoms with E-state index in [2.05, 4.69) is 10.1 Å². The summed E-state index contributed by atoms with van der Waals surface area (Å²) < 4.78 is 9.84. The van der Waals surface area contributed by atoms with Gasteiger partial charge in [-0.05, 0) is 25.2 Å². The van der Waals surface area contributed by atoms with Gasteiger partial charge in [-0.25, -0.2) is 0 Å². The van der Waals surface area contributed by atoms with Crippen molar-refractivity contribution in [1.29, 1.82) is 0 Å². The Morgan fingerprint density at radius 2 is 2.06 bits per heavy atom. The number of rotatable bonds is 5. The van der Waals surface area contributed by atoms with Gasteiger partial charge in [-0.1, -0.05) is 6.92 Å². The van der Waals surface area contributed by atoms with Gasteiger partial charge in [0.1, 0.15) is 5.92 Å². The highest BCUT2D eigenvalue weighted by Crippen LogP contribution is 2.14. The minimum absolute atomic E-state index is 0.231. The van der Waals surface area contributed by atoms with Gasteiger partial charge in [-0.2, -0.15) is 0 Å². The summed E-state index contributed by atoms with van der Waals surface area (Å²) in [5.74, 6) is -0.912. The van der Waals surface area contributed by atoms with Crippen LogP contribution in [0, 0.1) is 11.8 Å². The molecule has 0 aromatic heterocycles. The molecule has 1 fully saturated rings. The molecule has 1 unspecified atom stereocenters. The molecule has 1 saturated heterocycles. The molecule has 1 rings (SSSR count). The summed E-state index contributed by atoms with van der Waals surface area (Å²) in [4.78, 5) is 23.1. The number of esters is 1. The maximum absolute atomic E-state index is 11.8. The zero-order valence-corrected chi connectivity index (χ0v) is 10.5. The van der Waals surface area contributed by atoms with E-state index >= 15 is 0 Å². The molecule has 1 atom stereocenters. The van der Waals surface area contributed by atoms with Gasteiger partial charge in [0, 0.05) is 19.8 Å². The lowest BCUT2D eigenvalue weighted by atomic mass is 9.99. The standard InChI is InChI=1S/C12H21NO4/c1-3-10(12(15)16-2)11(14)13-8-9-4-6-17-7-5-9/h9-10H,3-8H2,1-2H3,(H,13,14). The molecule has 1 amide bonds. The molecule has 17 heavy (non-hydrogen) atoms. The largest absolute Gasteiger partial charge is 0.468 e. The first-order valence-corrected chi connectivity index (χ1v) is 6.12. The van der Waals surface area contributed by atoms with Crippen molar-refractivity contribution in [2.45, 2.75) is 26.2 Å². The van der Waals surface area contributed by atoms with Gasteiger partial charge in [0.2, 0.25) is 5.91 Å². The molecule has 0 radical (unpaired) electrons. The SMILES string of the molecule is CCC(C(=O)NCC1CCOCC1)C(=O)OC. The van der Waals surface area contributed by atoms with E-state index in [0.717, 1.165) is 26.1 Å². The number of ether oxygens (including phenoxy) is 2. The third-order valence-electron chi connectivity index (χ3n) is 3.12. The third-order valence-corrected chi connectivity index (χ3v) is 3.12. The van der Waals surface area contributed by atoms with Crippen LogP contribution in [0.2, 0.25) is 0 Å². The normalized spacial score (nSPS) is 18.5. The van der Waals surface area contributed by atoms with Crippen molar-refractivity contribution in [3.8, 4) is 0 Å². The minimum Gasteiger partial charge on any atom is -0.468 e. The lowest BCUT2D eigenvalue weighted by Gasteiger charge is -2.23. The van der Waals surface area contributed by atoms with E-state index in [0.29, 0.717) is 18.9 Å². The Morgan fingerprint density at radius 1 is 1.41 bits per heavy atom. The smallest absolute Gasteiger partial charge is 0.318 e. The molecule has 1 aliphatic heterocycles. The Labute approximate surface area is 102 Å². The summed E-state index contributed by atoms with van der Waals surface area (Å²) in [6, 6.07) is 0. The van der Waals surface area contributed by atoms with Crippen LogP contribution in [-0.4, -0.2) is 38.7 Å². The first kappa shape index (κ1) is 14.0. The van der Waals surface area contributed by atoms with Crippen molar-refractivity contribution in [3.63, 3.8) is 0 Å². The highest BCUT2D eigenvalue weighted by molar-refractivity contribution is 5.97. The Kier molecular flexibility index (Phi) is 5.97. The number of methoxy groups -OCH3 is 1. The van der Waals surface area contributed by atoms with Gasteiger partial charge < -0.3 is 14.8 Å². The molecule has 98 valence electrons. The van der Waals surface area contributed by atoms with Gasteiger partial charge in [0.05, 0.1) is 7.11 Å². The molecule has 0 aliphatic carbocycles. The van der Waals surface area contributed by atoms with Crippen LogP contribution in [-0.2, 0) is 19.1 Å². The lowest BCUT2D eigenvalue weighted by Crippen LogP contribution is -2.39. The average molecular weight is 243 g/mol.